The number of hydrogen-bond donors (Lipinski definition) is 1. The molecular formula is C18H29N3O2. The number of hydrogen-bond acceptors (Lipinski definition) is 3. The summed E-state index contributed by atoms with van der Waals surface area (Å²) < 4.78 is 1.43. The van der Waals surface area contributed by atoms with E-state index in [0.29, 0.717) is 18.4 Å². The van der Waals surface area contributed by atoms with Crippen LogP contribution >= 0.6 is 0 Å². The lowest BCUT2D eigenvalue weighted by Gasteiger charge is -2.33. The van der Waals surface area contributed by atoms with Crippen LogP contribution in [0.4, 0.5) is 0 Å². The van der Waals surface area contributed by atoms with E-state index in [1.165, 1.54) is 24.0 Å². The third kappa shape index (κ3) is 5.20. The number of aryl methyl sites for hydroxylation is 1. The molecule has 1 aliphatic heterocycles. The molecule has 0 saturated carbocycles. The van der Waals surface area contributed by atoms with E-state index in [1.54, 1.807) is 25.4 Å². The molecule has 0 aliphatic carbocycles. The minimum absolute atomic E-state index is 0.222. The van der Waals surface area contributed by atoms with E-state index < -0.39 is 0 Å². The highest BCUT2D eigenvalue weighted by Crippen LogP contribution is 2.19. The van der Waals surface area contributed by atoms with E-state index in [4.69, 9.17) is 0 Å². The Bertz CT molecular complexity index is 580. The lowest BCUT2D eigenvalue weighted by Crippen LogP contribution is -2.39. The first-order valence-electron chi connectivity index (χ1n) is 8.63. The summed E-state index contributed by atoms with van der Waals surface area (Å²) in [5, 5.41) is 2.90. The van der Waals surface area contributed by atoms with Crippen LogP contribution in [0.3, 0.4) is 0 Å². The fourth-order valence-electron chi connectivity index (χ4n) is 3.32. The Morgan fingerprint density at radius 2 is 2.22 bits per heavy atom. The maximum Gasteiger partial charge on any atom is 0.263 e. The molecular weight excluding hydrogens is 290 g/mol. The van der Waals surface area contributed by atoms with Gasteiger partial charge in [0.05, 0.1) is 0 Å². The maximum absolute atomic E-state index is 12.1. The van der Waals surface area contributed by atoms with E-state index >= 15 is 0 Å². The number of nitrogens with one attached hydrogen (secondary N) is 1. The molecule has 1 aromatic rings. The van der Waals surface area contributed by atoms with Crippen LogP contribution in [0.25, 0.3) is 0 Å². The van der Waals surface area contributed by atoms with E-state index in [0.717, 1.165) is 19.5 Å². The zero-order valence-electron chi connectivity index (χ0n) is 14.5. The van der Waals surface area contributed by atoms with Crippen molar-refractivity contribution in [2.75, 3.05) is 26.2 Å². The van der Waals surface area contributed by atoms with Crippen molar-refractivity contribution in [3.8, 4) is 0 Å². The fourth-order valence-corrected chi connectivity index (χ4v) is 3.32. The molecule has 1 N–H and O–H groups in total. The van der Waals surface area contributed by atoms with Crippen molar-refractivity contribution in [3.05, 3.63) is 34.2 Å². The topological polar surface area (TPSA) is 54.3 Å². The van der Waals surface area contributed by atoms with Gasteiger partial charge in [0.1, 0.15) is 5.56 Å². The van der Waals surface area contributed by atoms with Crippen LogP contribution in [0, 0.1) is 11.8 Å². The predicted molar refractivity (Wildman–Crippen MR) is 92.6 cm³/mol. The normalized spacial score (nSPS) is 19.0. The second-order valence-corrected chi connectivity index (χ2v) is 7.04. The molecule has 1 aromatic heterocycles. The SMILES string of the molecule is CC(C)CN1CCCC(CCNC(=O)c2cccn(C)c2=O)C1. The number of aromatic nitrogens is 1. The number of nitrogens with zero attached hydrogens (tertiary/aromatic N) is 2. The Kier molecular flexibility index (Phi) is 6.39. The van der Waals surface area contributed by atoms with Gasteiger partial charge in [0.2, 0.25) is 0 Å². The van der Waals surface area contributed by atoms with Gasteiger partial charge in [0.15, 0.2) is 0 Å². The molecule has 5 nitrogen and oxygen atoms in total. The van der Waals surface area contributed by atoms with Crippen molar-refractivity contribution in [2.45, 2.75) is 33.1 Å². The second-order valence-electron chi connectivity index (χ2n) is 7.04. The Balaban J connectivity index is 1.79. The van der Waals surface area contributed by atoms with Crippen molar-refractivity contribution in [2.24, 2.45) is 18.9 Å². The average molecular weight is 319 g/mol. The number of piperidine rings is 1. The van der Waals surface area contributed by atoms with Crippen LogP contribution in [0.2, 0.25) is 0 Å². The Labute approximate surface area is 138 Å². The molecule has 0 radical (unpaired) electrons. The minimum atomic E-state index is -0.263. The van der Waals surface area contributed by atoms with Crippen molar-refractivity contribution >= 4 is 5.91 Å². The molecule has 1 unspecified atom stereocenters. The fraction of sp³-hybridized carbons (Fsp3) is 0.667. The first-order valence-corrected chi connectivity index (χ1v) is 8.63. The van der Waals surface area contributed by atoms with Crippen LogP contribution in [0.1, 0.15) is 43.5 Å². The molecule has 0 aromatic carbocycles. The molecule has 5 heteroatoms. The van der Waals surface area contributed by atoms with Crippen LogP contribution in [-0.4, -0.2) is 41.6 Å². The van der Waals surface area contributed by atoms with Gasteiger partial charge in [-0.2, -0.15) is 0 Å². The highest BCUT2D eigenvalue weighted by Gasteiger charge is 2.20. The summed E-state index contributed by atoms with van der Waals surface area (Å²) in [5.41, 5.74) is -0.0224. The van der Waals surface area contributed by atoms with Crippen molar-refractivity contribution < 1.29 is 4.79 Å². The molecule has 2 heterocycles. The van der Waals surface area contributed by atoms with Crippen LogP contribution in [-0.2, 0) is 7.05 Å². The average Bonchev–Trinajstić information content (AvgIpc) is 2.49. The largest absolute Gasteiger partial charge is 0.352 e. The van der Waals surface area contributed by atoms with Gasteiger partial charge in [-0.1, -0.05) is 13.8 Å². The molecule has 1 amide bonds. The van der Waals surface area contributed by atoms with Crippen LogP contribution in [0.15, 0.2) is 23.1 Å². The monoisotopic (exact) mass is 319 g/mol. The molecule has 1 aliphatic rings. The molecule has 1 atom stereocenters. The summed E-state index contributed by atoms with van der Waals surface area (Å²) in [6, 6.07) is 3.31. The summed E-state index contributed by atoms with van der Waals surface area (Å²) in [5.74, 6) is 1.07. The molecule has 2 rings (SSSR count). The molecule has 0 bridgehead atoms. The van der Waals surface area contributed by atoms with Gasteiger partial charge >= 0.3 is 0 Å². The van der Waals surface area contributed by atoms with E-state index in [9.17, 15) is 9.59 Å². The van der Waals surface area contributed by atoms with Gasteiger partial charge in [0.25, 0.3) is 11.5 Å². The lowest BCUT2D eigenvalue weighted by atomic mass is 9.94. The summed E-state index contributed by atoms with van der Waals surface area (Å²) in [6.45, 7) is 8.62. The number of carbonyl (C=O) groups is 1. The first-order chi connectivity index (χ1) is 11.0. The number of amides is 1. The Morgan fingerprint density at radius 3 is 2.96 bits per heavy atom. The van der Waals surface area contributed by atoms with Gasteiger partial charge in [0, 0.05) is 32.9 Å². The van der Waals surface area contributed by atoms with Crippen molar-refractivity contribution in [1.82, 2.24) is 14.8 Å². The Morgan fingerprint density at radius 1 is 1.43 bits per heavy atom. The summed E-state index contributed by atoms with van der Waals surface area (Å²) in [6.07, 6.45) is 5.11. The van der Waals surface area contributed by atoms with Gasteiger partial charge in [-0.15, -0.1) is 0 Å². The third-order valence-electron chi connectivity index (χ3n) is 4.43. The van der Waals surface area contributed by atoms with Crippen LogP contribution in [0.5, 0.6) is 0 Å². The van der Waals surface area contributed by atoms with E-state index in [1.807, 2.05) is 0 Å². The Hall–Kier alpha value is -1.62. The molecule has 23 heavy (non-hydrogen) atoms. The number of carbonyl (C=O) groups excluding carboxylic acids is 1. The highest BCUT2D eigenvalue weighted by molar-refractivity contribution is 5.93. The van der Waals surface area contributed by atoms with E-state index in [2.05, 4.69) is 24.1 Å². The van der Waals surface area contributed by atoms with Crippen molar-refractivity contribution in [1.29, 1.82) is 0 Å². The summed E-state index contributed by atoms with van der Waals surface area (Å²) >= 11 is 0. The molecule has 1 fully saturated rings. The second kappa shape index (κ2) is 8.29. The van der Waals surface area contributed by atoms with Gasteiger partial charge in [-0.3, -0.25) is 9.59 Å². The van der Waals surface area contributed by atoms with Crippen molar-refractivity contribution in [3.63, 3.8) is 0 Å². The zero-order chi connectivity index (χ0) is 16.8. The lowest BCUT2D eigenvalue weighted by molar-refractivity contribution is 0.0944. The maximum atomic E-state index is 12.1. The standard InChI is InChI=1S/C18H29N3O2/c1-14(2)12-21-11-4-6-15(13-21)8-9-19-17(22)16-7-5-10-20(3)18(16)23/h5,7,10,14-15H,4,6,8-9,11-13H2,1-3H3,(H,19,22). The predicted octanol–water partition coefficient (Wildman–Crippen LogP) is 1.87. The third-order valence-corrected chi connectivity index (χ3v) is 4.43. The highest BCUT2D eigenvalue weighted by atomic mass is 16.2. The number of likely N-dealkylation sites (tertiary alicyclic amines) is 1. The molecule has 0 spiro atoms. The summed E-state index contributed by atoms with van der Waals surface area (Å²) in [7, 11) is 1.66. The summed E-state index contributed by atoms with van der Waals surface area (Å²) in [4.78, 5) is 26.6. The number of rotatable bonds is 6. The van der Waals surface area contributed by atoms with Gasteiger partial charge in [-0.25, -0.2) is 0 Å². The minimum Gasteiger partial charge on any atom is -0.352 e. The van der Waals surface area contributed by atoms with Gasteiger partial charge in [-0.05, 0) is 49.8 Å². The zero-order valence-corrected chi connectivity index (χ0v) is 14.5. The molecule has 1 saturated heterocycles. The smallest absolute Gasteiger partial charge is 0.263 e. The van der Waals surface area contributed by atoms with E-state index in [-0.39, 0.29) is 17.0 Å². The van der Waals surface area contributed by atoms with Gasteiger partial charge < -0.3 is 14.8 Å². The van der Waals surface area contributed by atoms with Crippen LogP contribution < -0.4 is 10.9 Å². The first kappa shape index (κ1) is 17.7. The number of pyridine rings is 1. The molecule has 128 valence electrons. The quantitative estimate of drug-likeness (QED) is 0.871.